The molecule has 3 aromatic carbocycles. The minimum Gasteiger partial charge on any atom is -0.473 e. The molecule has 4 rings (SSSR count). The van der Waals surface area contributed by atoms with Gasteiger partial charge in [-0.1, -0.05) is 66.7 Å². The average molecular weight is 523 g/mol. The van der Waals surface area contributed by atoms with E-state index < -0.39 is 11.9 Å². The van der Waals surface area contributed by atoms with Crippen LogP contribution >= 0.6 is 11.8 Å². The number of piperidine rings is 1. The van der Waals surface area contributed by atoms with Gasteiger partial charge in [0.1, 0.15) is 12.3 Å². The summed E-state index contributed by atoms with van der Waals surface area (Å²) in [5, 5.41) is 21.9. The minimum absolute atomic E-state index is 0.642. The number of benzene rings is 3. The number of hydrogen-bond donors (Lipinski definition) is 2. The van der Waals surface area contributed by atoms with Crippen LogP contribution in [0, 0.1) is 5.92 Å². The number of likely N-dealkylation sites (tertiary alicyclic amines) is 1. The summed E-state index contributed by atoms with van der Waals surface area (Å²) in [6.45, 7) is 6.52. The van der Waals surface area contributed by atoms with Crippen LogP contribution in [0.3, 0.4) is 0 Å². The number of rotatable bonds is 8. The van der Waals surface area contributed by atoms with Gasteiger partial charge < -0.3 is 20.0 Å². The molecule has 2 N–H and O–H groups in total. The molecule has 0 atom stereocenters. The van der Waals surface area contributed by atoms with Crippen molar-refractivity contribution in [2.75, 3.05) is 32.5 Å². The maximum Gasteiger partial charge on any atom is 0.414 e. The van der Waals surface area contributed by atoms with Gasteiger partial charge in [-0.25, -0.2) is 9.59 Å². The van der Waals surface area contributed by atoms with Crippen molar-refractivity contribution < 1.29 is 24.6 Å². The van der Waals surface area contributed by atoms with Crippen LogP contribution in [0.5, 0.6) is 0 Å². The molecule has 0 unspecified atom stereocenters. The maximum atomic E-state index is 9.10. The number of carbonyl (C=O) groups is 2. The second-order valence-electron chi connectivity index (χ2n) is 9.02. The van der Waals surface area contributed by atoms with Crippen LogP contribution < -0.4 is 0 Å². The van der Waals surface area contributed by atoms with E-state index in [0.29, 0.717) is 6.61 Å². The van der Waals surface area contributed by atoms with E-state index in [9.17, 15) is 0 Å². The molecule has 196 valence electrons. The molecular formula is C29H34N2O5S. The molecule has 1 aliphatic heterocycles. The van der Waals surface area contributed by atoms with Crippen molar-refractivity contribution in [2.45, 2.75) is 31.1 Å². The lowest BCUT2D eigenvalue weighted by atomic mass is 9.97. The van der Waals surface area contributed by atoms with E-state index in [-0.39, 0.29) is 0 Å². The highest BCUT2D eigenvalue weighted by Gasteiger charge is 2.15. The van der Waals surface area contributed by atoms with Crippen LogP contribution in [0.2, 0.25) is 0 Å². The molecule has 0 saturated carbocycles. The van der Waals surface area contributed by atoms with E-state index in [1.54, 1.807) is 11.8 Å². The number of carboxylic acid groups (broad SMARTS) is 2. The smallest absolute Gasteiger partial charge is 0.414 e. The van der Waals surface area contributed by atoms with Crippen molar-refractivity contribution in [1.82, 2.24) is 4.90 Å². The van der Waals surface area contributed by atoms with Gasteiger partial charge in [-0.15, -0.1) is 11.8 Å². The lowest BCUT2D eigenvalue weighted by Gasteiger charge is -2.29. The Bertz CT molecular complexity index is 1190. The fraction of sp³-hybridized carbons (Fsp3) is 0.345. The molecule has 37 heavy (non-hydrogen) atoms. The van der Waals surface area contributed by atoms with Crippen molar-refractivity contribution in [3.05, 3.63) is 77.9 Å². The summed E-state index contributed by atoms with van der Waals surface area (Å²) in [7, 11) is 0. The van der Waals surface area contributed by atoms with Gasteiger partial charge in [0.05, 0.1) is 0 Å². The molecule has 3 aromatic rings. The summed E-state index contributed by atoms with van der Waals surface area (Å²) >= 11 is 1.75. The molecule has 1 aliphatic rings. The summed E-state index contributed by atoms with van der Waals surface area (Å²) in [5.74, 6) is -2.78. The van der Waals surface area contributed by atoms with E-state index in [1.165, 1.54) is 41.6 Å². The van der Waals surface area contributed by atoms with Gasteiger partial charge in [-0.2, -0.15) is 0 Å². The fourth-order valence-corrected chi connectivity index (χ4v) is 4.59. The number of carboxylic acids is 2. The highest BCUT2D eigenvalue weighted by atomic mass is 32.2. The number of nitrogens with zero attached hydrogens (tertiary/aromatic N) is 2. The number of fused-ring (bicyclic) bond motifs is 1. The zero-order valence-corrected chi connectivity index (χ0v) is 22.1. The van der Waals surface area contributed by atoms with Gasteiger partial charge in [-0.05, 0) is 67.4 Å². The lowest BCUT2D eigenvalue weighted by Crippen LogP contribution is -2.33. The van der Waals surface area contributed by atoms with Gasteiger partial charge in [0.2, 0.25) is 0 Å². The average Bonchev–Trinajstić information content (AvgIpc) is 2.92. The van der Waals surface area contributed by atoms with Crippen LogP contribution in [-0.2, 0) is 14.4 Å². The second kappa shape index (κ2) is 14.4. The first-order chi connectivity index (χ1) is 17.9. The predicted octanol–water partition coefficient (Wildman–Crippen LogP) is 5.61. The van der Waals surface area contributed by atoms with Gasteiger partial charge in [-0.3, -0.25) is 0 Å². The third kappa shape index (κ3) is 8.61. The van der Waals surface area contributed by atoms with Crippen molar-refractivity contribution in [3.8, 4) is 0 Å². The molecule has 7 nitrogen and oxygen atoms in total. The monoisotopic (exact) mass is 522 g/mol. The first-order valence-corrected chi connectivity index (χ1v) is 13.6. The fourth-order valence-electron chi connectivity index (χ4n) is 4.19. The molecular weight excluding hydrogens is 488 g/mol. The molecule has 1 heterocycles. The zero-order valence-electron chi connectivity index (χ0n) is 21.3. The Labute approximate surface area is 222 Å². The Morgan fingerprint density at radius 1 is 0.973 bits per heavy atom. The van der Waals surface area contributed by atoms with Gasteiger partial charge in [0, 0.05) is 22.6 Å². The summed E-state index contributed by atoms with van der Waals surface area (Å²) < 4.78 is 0. The van der Waals surface area contributed by atoms with Gasteiger partial charge >= 0.3 is 11.9 Å². The van der Waals surface area contributed by atoms with Crippen LogP contribution in [0.25, 0.3) is 10.8 Å². The highest BCUT2D eigenvalue weighted by Crippen LogP contribution is 2.24. The molecule has 1 fully saturated rings. The number of oxime groups is 1. The normalized spacial score (nSPS) is 14.6. The Morgan fingerprint density at radius 2 is 1.62 bits per heavy atom. The highest BCUT2D eigenvalue weighted by molar-refractivity contribution is 7.98. The van der Waals surface area contributed by atoms with Crippen molar-refractivity contribution in [3.63, 3.8) is 0 Å². The summed E-state index contributed by atoms with van der Waals surface area (Å²) in [5.41, 5.74) is 3.09. The summed E-state index contributed by atoms with van der Waals surface area (Å²) in [6, 6.07) is 23.4. The standard InChI is InChI=1S/C27H32N2OS.C2H2O4/c1-21-15-18-29(19-16-21)17-6-20-30-28-27(23-11-13-24(31-2)14-12-23)26-10-5-8-22-7-3-4-9-25(22)26;3-1(4)2(5)6/h3-5,7-14,21H,6,15-20H2,1-2H3;(H,3,4)(H,5,6)/b28-27+;. The van der Waals surface area contributed by atoms with Crippen LogP contribution in [-0.4, -0.2) is 65.3 Å². The van der Waals surface area contributed by atoms with Crippen molar-refractivity contribution >= 4 is 40.2 Å². The maximum absolute atomic E-state index is 9.10. The Hall–Kier alpha value is -3.36. The van der Waals surface area contributed by atoms with Gasteiger partial charge in [0.15, 0.2) is 0 Å². The number of hydrogen-bond acceptors (Lipinski definition) is 6. The largest absolute Gasteiger partial charge is 0.473 e. The van der Waals surface area contributed by atoms with Crippen molar-refractivity contribution in [2.24, 2.45) is 11.1 Å². The Morgan fingerprint density at radius 3 is 2.27 bits per heavy atom. The molecule has 1 saturated heterocycles. The van der Waals surface area contributed by atoms with E-state index >= 15 is 0 Å². The Kier molecular flexibility index (Phi) is 11.0. The predicted molar refractivity (Wildman–Crippen MR) is 148 cm³/mol. The summed E-state index contributed by atoms with van der Waals surface area (Å²) in [6.07, 6.45) is 5.74. The topological polar surface area (TPSA) is 99.4 Å². The van der Waals surface area contributed by atoms with E-state index in [0.717, 1.165) is 35.7 Å². The van der Waals surface area contributed by atoms with E-state index in [1.807, 2.05) is 0 Å². The Balaban J connectivity index is 0.000000568. The second-order valence-corrected chi connectivity index (χ2v) is 9.90. The van der Waals surface area contributed by atoms with Crippen LogP contribution in [0.4, 0.5) is 0 Å². The van der Waals surface area contributed by atoms with Gasteiger partial charge in [0.25, 0.3) is 0 Å². The zero-order chi connectivity index (χ0) is 26.6. The molecule has 0 radical (unpaired) electrons. The first kappa shape index (κ1) is 28.2. The van der Waals surface area contributed by atoms with Crippen LogP contribution in [0.15, 0.2) is 76.8 Å². The third-order valence-corrected chi connectivity index (χ3v) is 7.08. The van der Waals surface area contributed by atoms with E-state index in [2.05, 4.69) is 90.0 Å². The molecule has 8 heteroatoms. The number of thioether (sulfide) groups is 1. The van der Waals surface area contributed by atoms with Crippen molar-refractivity contribution in [1.29, 1.82) is 0 Å². The SMILES string of the molecule is CSc1ccc(/C(=N\OCCCN2CCC(C)CC2)c2cccc3ccccc23)cc1.O=C(O)C(=O)O. The lowest BCUT2D eigenvalue weighted by molar-refractivity contribution is -0.159. The number of aliphatic carboxylic acids is 2. The first-order valence-electron chi connectivity index (χ1n) is 12.4. The quantitative estimate of drug-likeness (QED) is 0.130. The third-order valence-electron chi connectivity index (χ3n) is 6.33. The van der Waals surface area contributed by atoms with Crippen LogP contribution in [0.1, 0.15) is 37.3 Å². The molecule has 0 amide bonds. The summed E-state index contributed by atoms with van der Waals surface area (Å²) in [4.78, 5) is 27.9. The van der Waals surface area contributed by atoms with E-state index in [4.69, 9.17) is 24.6 Å². The molecule has 0 aliphatic carbocycles. The molecule has 0 aromatic heterocycles. The minimum atomic E-state index is -1.82. The molecule has 0 spiro atoms. The molecule has 0 bridgehead atoms.